The van der Waals surface area contributed by atoms with Gasteiger partial charge in [-0.2, -0.15) is 0 Å². The van der Waals surface area contributed by atoms with Crippen molar-refractivity contribution in [2.45, 2.75) is 10.3 Å². The fourth-order valence-corrected chi connectivity index (χ4v) is 2.36. The first-order valence-corrected chi connectivity index (χ1v) is 4.81. The van der Waals surface area contributed by atoms with Crippen LogP contribution in [-0.4, -0.2) is 10.6 Å². The minimum absolute atomic E-state index is 0.0328. The topological polar surface area (TPSA) is 17.1 Å². The third kappa shape index (κ3) is 1.36. The first kappa shape index (κ1) is 9.04. The van der Waals surface area contributed by atoms with Crippen LogP contribution in [0.1, 0.15) is 11.5 Å². The summed E-state index contributed by atoms with van der Waals surface area (Å²) in [5.74, 6) is -0.284. The maximum Gasteiger partial charge on any atom is 0.136 e. The highest BCUT2D eigenvalue weighted by Gasteiger charge is 2.63. The molecular formula is C10H8Cl2O. The molecule has 68 valence electrons. The number of carbonyl (C=O) groups excluding carboxylic acids is 1. The minimum atomic E-state index is -0.886. The van der Waals surface area contributed by atoms with Gasteiger partial charge in [0.25, 0.3) is 0 Å². The van der Waals surface area contributed by atoms with E-state index >= 15 is 0 Å². The molecule has 0 aromatic heterocycles. The summed E-state index contributed by atoms with van der Waals surface area (Å²) in [6.07, 6.45) is 0.831. The molecule has 1 fully saturated rings. The van der Waals surface area contributed by atoms with Gasteiger partial charge in [-0.3, -0.25) is 0 Å². The first-order valence-electron chi connectivity index (χ1n) is 4.06. The van der Waals surface area contributed by atoms with E-state index in [-0.39, 0.29) is 11.8 Å². The SMILES string of the molecule is O=CC1C(c2ccccc2)C1(Cl)Cl. The van der Waals surface area contributed by atoms with Gasteiger partial charge in [-0.15, -0.1) is 23.2 Å². The van der Waals surface area contributed by atoms with Crippen molar-refractivity contribution in [2.75, 3.05) is 0 Å². The van der Waals surface area contributed by atoms with Gasteiger partial charge in [0.05, 0.1) is 5.92 Å². The van der Waals surface area contributed by atoms with Crippen LogP contribution < -0.4 is 0 Å². The minimum Gasteiger partial charge on any atom is -0.303 e. The van der Waals surface area contributed by atoms with Crippen LogP contribution >= 0.6 is 23.2 Å². The van der Waals surface area contributed by atoms with Crippen LogP contribution in [0.15, 0.2) is 30.3 Å². The first-order chi connectivity index (χ1) is 6.18. The second-order valence-corrected chi connectivity index (χ2v) is 4.67. The van der Waals surface area contributed by atoms with Crippen LogP contribution in [0.25, 0.3) is 0 Å². The Morgan fingerprint density at radius 1 is 1.23 bits per heavy atom. The van der Waals surface area contributed by atoms with Crippen molar-refractivity contribution in [3.05, 3.63) is 35.9 Å². The third-order valence-corrected chi connectivity index (χ3v) is 3.39. The maximum absolute atomic E-state index is 10.6. The van der Waals surface area contributed by atoms with Crippen molar-refractivity contribution >= 4 is 29.5 Å². The van der Waals surface area contributed by atoms with E-state index in [2.05, 4.69) is 0 Å². The summed E-state index contributed by atoms with van der Waals surface area (Å²) in [6.45, 7) is 0. The standard InChI is InChI=1S/C10H8Cl2O/c11-10(12)8(6-13)9(10)7-4-2-1-3-5-7/h1-6,8-9H. The molecule has 0 amide bonds. The van der Waals surface area contributed by atoms with Crippen LogP contribution in [0.5, 0.6) is 0 Å². The molecule has 2 atom stereocenters. The Hall–Kier alpha value is -0.530. The zero-order valence-corrected chi connectivity index (χ0v) is 8.29. The van der Waals surface area contributed by atoms with Gasteiger partial charge in [0.2, 0.25) is 0 Å². The zero-order chi connectivity index (χ0) is 9.47. The molecule has 13 heavy (non-hydrogen) atoms. The Labute approximate surface area is 86.7 Å². The number of benzene rings is 1. The molecule has 1 aromatic rings. The monoisotopic (exact) mass is 214 g/mol. The molecule has 0 N–H and O–H groups in total. The zero-order valence-electron chi connectivity index (χ0n) is 6.78. The summed E-state index contributed by atoms with van der Waals surface area (Å²) in [5, 5.41) is 0. The molecular weight excluding hydrogens is 207 g/mol. The normalized spacial score (nSPS) is 29.7. The molecule has 1 saturated carbocycles. The van der Waals surface area contributed by atoms with Crippen LogP contribution in [0, 0.1) is 5.92 Å². The molecule has 2 unspecified atom stereocenters. The van der Waals surface area contributed by atoms with Crippen LogP contribution in [0.3, 0.4) is 0 Å². The van der Waals surface area contributed by atoms with E-state index in [1.165, 1.54) is 0 Å². The molecule has 2 rings (SSSR count). The average molecular weight is 215 g/mol. The van der Waals surface area contributed by atoms with Gasteiger partial charge in [-0.25, -0.2) is 0 Å². The molecule has 0 radical (unpaired) electrons. The number of hydrogen-bond donors (Lipinski definition) is 0. The third-order valence-electron chi connectivity index (χ3n) is 2.41. The van der Waals surface area contributed by atoms with Gasteiger partial charge in [-0.1, -0.05) is 30.3 Å². The predicted molar refractivity (Wildman–Crippen MR) is 53.2 cm³/mol. The molecule has 0 heterocycles. The second kappa shape index (κ2) is 3.00. The molecule has 0 bridgehead atoms. The summed E-state index contributed by atoms with van der Waals surface area (Å²) in [6, 6.07) is 9.63. The van der Waals surface area contributed by atoms with Crippen LogP contribution in [0.2, 0.25) is 0 Å². The summed E-state index contributed by atoms with van der Waals surface area (Å²) in [5.41, 5.74) is 1.03. The Bertz CT molecular complexity index is 321. The van der Waals surface area contributed by atoms with E-state index < -0.39 is 4.33 Å². The lowest BCUT2D eigenvalue weighted by Gasteiger charge is -1.97. The number of hydrogen-bond acceptors (Lipinski definition) is 1. The molecule has 1 nitrogen and oxygen atoms in total. The van der Waals surface area contributed by atoms with Gasteiger partial charge < -0.3 is 4.79 Å². The van der Waals surface area contributed by atoms with E-state index in [4.69, 9.17) is 23.2 Å². The summed E-state index contributed by atoms with van der Waals surface area (Å²) in [7, 11) is 0. The summed E-state index contributed by atoms with van der Waals surface area (Å²) >= 11 is 11.9. The number of aldehydes is 1. The molecule has 0 aliphatic heterocycles. The molecule has 3 heteroatoms. The highest BCUT2D eigenvalue weighted by Crippen LogP contribution is 2.63. The van der Waals surface area contributed by atoms with E-state index in [0.29, 0.717) is 0 Å². The predicted octanol–water partition coefficient (Wildman–Crippen LogP) is 2.77. The fourth-order valence-electron chi connectivity index (χ4n) is 1.61. The number of rotatable bonds is 2. The van der Waals surface area contributed by atoms with Crippen molar-refractivity contribution in [3.8, 4) is 0 Å². The largest absolute Gasteiger partial charge is 0.303 e. The lowest BCUT2D eigenvalue weighted by molar-refractivity contribution is -0.108. The maximum atomic E-state index is 10.6. The van der Waals surface area contributed by atoms with E-state index in [1.54, 1.807) is 0 Å². The van der Waals surface area contributed by atoms with Gasteiger partial charge in [0.15, 0.2) is 0 Å². The smallest absolute Gasteiger partial charge is 0.136 e. The van der Waals surface area contributed by atoms with Gasteiger partial charge >= 0.3 is 0 Å². The Morgan fingerprint density at radius 2 is 1.85 bits per heavy atom. The average Bonchev–Trinajstić information content (AvgIpc) is 2.69. The highest BCUT2D eigenvalue weighted by molar-refractivity contribution is 6.53. The Balaban J connectivity index is 2.27. The Morgan fingerprint density at radius 3 is 2.31 bits per heavy atom. The van der Waals surface area contributed by atoms with Crippen molar-refractivity contribution in [3.63, 3.8) is 0 Å². The van der Waals surface area contributed by atoms with Crippen molar-refractivity contribution in [1.82, 2.24) is 0 Å². The second-order valence-electron chi connectivity index (χ2n) is 3.22. The Kier molecular flexibility index (Phi) is 2.09. The number of alkyl halides is 2. The lowest BCUT2D eigenvalue weighted by atomic mass is 10.1. The van der Waals surface area contributed by atoms with Crippen LogP contribution in [0.4, 0.5) is 0 Å². The fraction of sp³-hybridized carbons (Fsp3) is 0.300. The van der Waals surface area contributed by atoms with E-state index in [0.717, 1.165) is 11.8 Å². The van der Waals surface area contributed by atoms with E-state index in [9.17, 15) is 4.79 Å². The van der Waals surface area contributed by atoms with Crippen molar-refractivity contribution in [2.24, 2.45) is 5.92 Å². The molecule has 0 spiro atoms. The van der Waals surface area contributed by atoms with Crippen LogP contribution in [-0.2, 0) is 4.79 Å². The molecule has 0 saturated heterocycles. The van der Waals surface area contributed by atoms with Gasteiger partial charge in [0, 0.05) is 5.92 Å². The van der Waals surface area contributed by atoms with Gasteiger partial charge in [0.1, 0.15) is 10.6 Å². The number of carbonyl (C=O) groups is 1. The molecule has 1 aromatic carbocycles. The quantitative estimate of drug-likeness (QED) is 0.547. The van der Waals surface area contributed by atoms with E-state index in [1.807, 2.05) is 30.3 Å². The molecule has 1 aliphatic carbocycles. The lowest BCUT2D eigenvalue weighted by Crippen LogP contribution is -1.90. The molecule has 1 aliphatic rings. The highest BCUT2D eigenvalue weighted by atomic mass is 35.5. The summed E-state index contributed by atoms with van der Waals surface area (Å²) in [4.78, 5) is 10.6. The number of halogens is 2. The van der Waals surface area contributed by atoms with Gasteiger partial charge in [-0.05, 0) is 5.56 Å². The summed E-state index contributed by atoms with van der Waals surface area (Å²) < 4.78 is -0.886. The van der Waals surface area contributed by atoms with Crippen molar-refractivity contribution < 1.29 is 4.79 Å². The van der Waals surface area contributed by atoms with Crippen molar-refractivity contribution in [1.29, 1.82) is 0 Å².